The molecular weight excluding hydrogens is 174 g/mol. The van der Waals surface area contributed by atoms with Crippen molar-refractivity contribution in [2.75, 3.05) is 13.2 Å². The first-order valence-electron chi connectivity index (χ1n) is 5.05. The molecule has 14 heavy (non-hydrogen) atoms. The number of nitrogens with two attached hydrogens (primary N) is 1. The molecule has 0 aliphatic heterocycles. The Kier molecular flexibility index (Phi) is 4.11. The van der Waals surface area contributed by atoms with Crippen molar-refractivity contribution < 1.29 is 5.11 Å². The van der Waals surface area contributed by atoms with Gasteiger partial charge in [0.15, 0.2) is 0 Å². The van der Waals surface area contributed by atoms with E-state index in [1.807, 2.05) is 0 Å². The van der Waals surface area contributed by atoms with Gasteiger partial charge in [-0.3, -0.25) is 0 Å². The van der Waals surface area contributed by atoms with Crippen LogP contribution in [0.1, 0.15) is 16.7 Å². The highest BCUT2D eigenvalue weighted by Gasteiger charge is 2.08. The molecule has 0 bridgehead atoms. The minimum absolute atomic E-state index is 0.171. The molecule has 2 heteroatoms. The number of rotatable bonds is 4. The minimum atomic E-state index is 0.171. The maximum atomic E-state index is 9.07. The van der Waals surface area contributed by atoms with Crippen molar-refractivity contribution in [3.05, 3.63) is 34.9 Å². The number of hydrogen-bond acceptors (Lipinski definition) is 2. The number of aliphatic hydroxyl groups excluding tert-OH is 1. The fraction of sp³-hybridized carbons (Fsp3) is 0.500. The van der Waals surface area contributed by atoms with Crippen molar-refractivity contribution in [2.24, 2.45) is 11.7 Å². The van der Waals surface area contributed by atoms with Gasteiger partial charge >= 0.3 is 0 Å². The largest absolute Gasteiger partial charge is 0.396 e. The van der Waals surface area contributed by atoms with Crippen molar-refractivity contribution in [3.8, 4) is 0 Å². The van der Waals surface area contributed by atoms with Crippen molar-refractivity contribution in [3.63, 3.8) is 0 Å². The van der Waals surface area contributed by atoms with Gasteiger partial charge in [0.2, 0.25) is 0 Å². The van der Waals surface area contributed by atoms with E-state index in [0.717, 1.165) is 6.42 Å². The fourth-order valence-corrected chi connectivity index (χ4v) is 1.57. The third kappa shape index (κ3) is 2.56. The predicted molar refractivity (Wildman–Crippen MR) is 59.3 cm³/mol. The van der Waals surface area contributed by atoms with Gasteiger partial charge in [0.1, 0.15) is 0 Å². The Labute approximate surface area is 85.8 Å². The molecular formula is C12H19NO. The maximum Gasteiger partial charge on any atom is 0.0474 e. The summed E-state index contributed by atoms with van der Waals surface area (Å²) < 4.78 is 0. The second kappa shape index (κ2) is 5.13. The highest BCUT2D eigenvalue weighted by molar-refractivity contribution is 5.33. The van der Waals surface area contributed by atoms with Gasteiger partial charge < -0.3 is 10.8 Å². The van der Waals surface area contributed by atoms with E-state index in [9.17, 15) is 0 Å². The smallest absolute Gasteiger partial charge is 0.0474 e. The van der Waals surface area contributed by atoms with Gasteiger partial charge in [0.05, 0.1) is 0 Å². The van der Waals surface area contributed by atoms with Crippen LogP contribution in [0.25, 0.3) is 0 Å². The lowest BCUT2D eigenvalue weighted by molar-refractivity contribution is 0.229. The van der Waals surface area contributed by atoms with Gasteiger partial charge in [0.25, 0.3) is 0 Å². The Balaban J connectivity index is 2.80. The van der Waals surface area contributed by atoms with Gasteiger partial charge in [-0.1, -0.05) is 18.2 Å². The summed E-state index contributed by atoms with van der Waals surface area (Å²) in [5.74, 6) is 0.190. The molecule has 0 aliphatic carbocycles. The Morgan fingerprint density at radius 1 is 1.36 bits per heavy atom. The van der Waals surface area contributed by atoms with E-state index in [-0.39, 0.29) is 12.5 Å². The average molecular weight is 193 g/mol. The van der Waals surface area contributed by atoms with Gasteiger partial charge in [-0.2, -0.15) is 0 Å². The molecule has 0 aromatic heterocycles. The normalized spacial score (nSPS) is 12.9. The Morgan fingerprint density at radius 2 is 2.07 bits per heavy atom. The number of aliphatic hydroxyl groups is 1. The van der Waals surface area contributed by atoms with E-state index in [4.69, 9.17) is 10.8 Å². The van der Waals surface area contributed by atoms with E-state index >= 15 is 0 Å². The topological polar surface area (TPSA) is 46.2 Å². The molecule has 1 aromatic carbocycles. The van der Waals surface area contributed by atoms with Crippen LogP contribution in [0.3, 0.4) is 0 Å². The quantitative estimate of drug-likeness (QED) is 0.759. The van der Waals surface area contributed by atoms with Crippen LogP contribution in [-0.2, 0) is 6.42 Å². The molecule has 0 heterocycles. The zero-order chi connectivity index (χ0) is 10.6. The summed E-state index contributed by atoms with van der Waals surface area (Å²) in [6.45, 7) is 4.94. The lowest BCUT2D eigenvalue weighted by Crippen LogP contribution is -2.20. The van der Waals surface area contributed by atoms with Crippen LogP contribution < -0.4 is 5.73 Å². The maximum absolute atomic E-state index is 9.07. The standard InChI is InChI=1S/C12H19NO/c1-9-4-3-5-12(10(9)2)6-11(7-13)8-14/h3-5,11,14H,6-8,13H2,1-2H3. The van der Waals surface area contributed by atoms with E-state index < -0.39 is 0 Å². The second-order valence-corrected chi connectivity index (χ2v) is 3.85. The van der Waals surface area contributed by atoms with Crippen LogP contribution in [0.15, 0.2) is 18.2 Å². The summed E-state index contributed by atoms with van der Waals surface area (Å²) in [4.78, 5) is 0. The van der Waals surface area contributed by atoms with E-state index in [1.54, 1.807) is 0 Å². The van der Waals surface area contributed by atoms with E-state index in [1.165, 1.54) is 16.7 Å². The van der Waals surface area contributed by atoms with Crippen molar-refractivity contribution >= 4 is 0 Å². The van der Waals surface area contributed by atoms with Crippen LogP contribution >= 0.6 is 0 Å². The van der Waals surface area contributed by atoms with Gasteiger partial charge in [-0.15, -0.1) is 0 Å². The molecule has 0 radical (unpaired) electrons. The summed E-state index contributed by atoms with van der Waals surface area (Å²) >= 11 is 0. The molecule has 0 spiro atoms. The van der Waals surface area contributed by atoms with E-state index in [2.05, 4.69) is 32.0 Å². The minimum Gasteiger partial charge on any atom is -0.396 e. The van der Waals surface area contributed by atoms with Crippen molar-refractivity contribution in [1.82, 2.24) is 0 Å². The zero-order valence-electron chi connectivity index (χ0n) is 8.96. The third-order valence-electron chi connectivity index (χ3n) is 2.82. The lowest BCUT2D eigenvalue weighted by atomic mass is 9.94. The first-order chi connectivity index (χ1) is 6.69. The molecule has 1 unspecified atom stereocenters. The molecule has 0 aliphatic rings. The van der Waals surface area contributed by atoms with Gasteiger partial charge in [-0.25, -0.2) is 0 Å². The van der Waals surface area contributed by atoms with Crippen molar-refractivity contribution in [1.29, 1.82) is 0 Å². The highest BCUT2D eigenvalue weighted by atomic mass is 16.3. The summed E-state index contributed by atoms with van der Waals surface area (Å²) in [5.41, 5.74) is 9.48. The number of aryl methyl sites for hydroxylation is 1. The molecule has 0 fully saturated rings. The first kappa shape index (κ1) is 11.2. The summed E-state index contributed by atoms with van der Waals surface area (Å²) in [6, 6.07) is 6.28. The highest BCUT2D eigenvalue weighted by Crippen LogP contribution is 2.16. The Bertz CT molecular complexity index is 292. The molecule has 0 saturated heterocycles. The Morgan fingerprint density at radius 3 is 2.64 bits per heavy atom. The lowest BCUT2D eigenvalue weighted by Gasteiger charge is -2.14. The van der Waals surface area contributed by atoms with E-state index in [0.29, 0.717) is 6.54 Å². The SMILES string of the molecule is Cc1cccc(CC(CN)CO)c1C. The summed E-state index contributed by atoms with van der Waals surface area (Å²) in [6.07, 6.45) is 0.876. The fourth-order valence-electron chi connectivity index (χ4n) is 1.57. The molecule has 78 valence electrons. The summed E-state index contributed by atoms with van der Waals surface area (Å²) in [5, 5.41) is 9.07. The van der Waals surface area contributed by atoms with Crippen LogP contribution in [0, 0.1) is 19.8 Å². The average Bonchev–Trinajstić information content (AvgIpc) is 2.20. The molecule has 1 atom stereocenters. The van der Waals surface area contributed by atoms with Crippen molar-refractivity contribution in [2.45, 2.75) is 20.3 Å². The summed E-state index contributed by atoms with van der Waals surface area (Å²) in [7, 11) is 0. The number of benzene rings is 1. The van der Waals surface area contributed by atoms with Crippen LogP contribution in [-0.4, -0.2) is 18.3 Å². The number of hydrogen-bond donors (Lipinski definition) is 2. The third-order valence-corrected chi connectivity index (χ3v) is 2.82. The molecule has 0 saturated carbocycles. The zero-order valence-corrected chi connectivity index (χ0v) is 8.96. The monoisotopic (exact) mass is 193 g/mol. The molecule has 1 rings (SSSR count). The molecule has 2 nitrogen and oxygen atoms in total. The first-order valence-corrected chi connectivity index (χ1v) is 5.05. The van der Waals surface area contributed by atoms with Gasteiger partial charge in [-0.05, 0) is 49.4 Å². The second-order valence-electron chi connectivity index (χ2n) is 3.85. The predicted octanol–water partition coefficient (Wildman–Crippen LogP) is 1.41. The Hall–Kier alpha value is -0.860. The van der Waals surface area contributed by atoms with Crippen LogP contribution in [0.4, 0.5) is 0 Å². The van der Waals surface area contributed by atoms with Crippen LogP contribution in [0.2, 0.25) is 0 Å². The molecule has 3 N–H and O–H groups in total. The van der Waals surface area contributed by atoms with Crippen LogP contribution in [0.5, 0.6) is 0 Å². The van der Waals surface area contributed by atoms with Gasteiger partial charge in [0, 0.05) is 6.61 Å². The molecule has 0 amide bonds. The molecule has 1 aromatic rings.